The first-order valence-electron chi connectivity index (χ1n) is 8.51. The molecule has 1 aromatic rings. The van der Waals surface area contributed by atoms with Gasteiger partial charge < -0.3 is 4.74 Å². The van der Waals surface area contributed by atoms with Crippen molar-refractivity contribution >= 4 is 10.0 Å². The second-order valence-electron chi connectivity index (χ2n) is 6.46. The molecule has 23 heavy (non-hydrogen) atoms. The van der Waals surface area contributed by atoms with Crippen molar-refractivity contribution in [3.8, 4) is 5.88 Å². The molecule has 1 aliphatic heterocycles. The quantitative estimate of drug-likeness (QED) is 0.794. The summed E-state index contributed by atoms with van der Waals surface area (Å²) in [4.78, 5) is 8.53. The first kappa shape index (κ1) is 16.6. The van der Waals surface area contributed by atoms with Crippen molar-refractivity contribution in [2.24, 2.45) is 5.92 Å². The van der Waals surface area contributed by atoms with E-state index in [2.05, 4.69) is 9.97 Å². The van der Waals surface area contributed by atoms with Crippen molar-refractivity contribution < 1.29 is 13.2 Å². The Bertz CT molecular complexity index is 623. The topological polar surface area (TPSA) is 72.4 Å². The Morgan fingerprint density at radius 3 is 2.57 bits per heavy atom. The van der Waals surface area contributed by atoms with Gasteiger partial charge in [-0.2, -0.15) is 0 Å². The summed E-state index contributed by atoms with van der Waals surface area (Å²) in [6.07, 6.45) is 6.98. The lowest BCUT2D eigenvalue weighted by Crippen LogP contribution is -2.40. The summed E-state index contributed by atoms with van der Waals surface area (Å²) >= 11 is 0. The molecule has 7 heteroatoms. The van der Waals surface area contributed by atoms with Gasteiger partial charge in [0, 0.05) is 25.1 Å². The minimum Gasteiger partial charge on any atom is -0.477 e. The Balaban J connectivity index is 1.48. The van der Waals surface area contributed by atoms with Gasteiger partial charge in [0.25, 0.3) is 0 Å². The minimum atomic E-state index is -3.05. The maximum atomic E-state index is 11.9. The third-order valence-corrected chi connectivity index (χ3v) is 6.87. The highest BCUT2D eigenvalue weighted by Gasteiger charge is 2.27. The number of rotatable bonds is 6. The molecule has 1 saturated carbocycles. The Labute approximate surface area is 138 Å². The third-order valence-electron chi connectivity index (χ3n) is 4.99. The average molecular weight is 339 g/mol. The van der Waals surface area contributed by atoms with Crippen molar-refractivity contribution in [2.75, 3.05) is 25.4 Å². The van der Waals surface area contributed by atoms with E-state index >= 15 is 0 Å². The number of nitrogens with zero attached hydrogens (tertiary/aromatic N) is 3. The van der Waals surface area contributed by atoms with Crippen LogP contribution >= 0.6 is 0 Å². The number of sulfonamides is 1. The minimum absolute atomic E-state index is 0.180. The first-order valence-corrected chi connectivity index (χ1v) is 10.1. The fourth-order valence-corrected chi connectivity index (χ4v) is 4.23. The van der Waals surface area contributed by atoms with Crippen LogP contribution in [0.15, 0.2) is 12.4 Å². The van der Waals surface area contributed by atoms with E-state index in [-0.39, 0.29) is 5.75 Å². The molecule has 0 aromatic carbocycles. The van der Waals surface area contributed by atoms with Gasteiger partial charge in [0.2, 0.25) is 15.9 Å². The molecule has 1 aromatic heterocycles. The normalized spacial score (nSPS) is 21.1. The summed E-state index contributed by atoms with van der Waals surface area (Å²) in [5.74, 6) is 1.78. The van der Waals surface area contributed by atoms with Gasteiger partial charge in [-0.15, -0.1) is 0 Å². The Hall–Kier alpha value is -1.21. The predicted molar refractivity (Wildman–Crippen MR) is 87.9 cm³/mol. The second kappa shape index (κ2) is 7.13. The van der Waals surface area contributed by atoms with Gasteiger partial charge in [-0.25, -0.2) is 22.7 Å². The standard InChI is InChI=1S/C16H25N3O3S/c1-2-23(20,21)19-8-6-13(7-9-19)11-22-16-10-15(17-12-18-16)14-4-3-5-14/h10,12-14H,2-9,11H2,1H3. The van der Waals surface area contributed by atoms with Crippen LogP contribution in [-0.2, 0) is 10.0 Å². The van der Waals surface area contributed by atoms with E-state index in [1.165, 1.54) is 19.3 Å². The van der Waals surface area contributed by atoms with E-state index in [1.807, 2.05) is 6.07 Å². The van der Waals surface area contributed by atoms with Crippen LogP contribution in [0.25, 0.3) is 0 Å². The van der Waals surface area contributed by atoms with Gasteiger partial charge in [0.15, 0.2) is 0 Å². The molecule has 1 saturated heterocycles. The lowest BCUT2D eigenvalue weighted by atomic mass is 9.83. The smallest absolute Gasteiger partial charge is 0.216 e. The summed E-state index contributed by atoms with van der Waals surface area (Å²) in [5, 5.41) is 0. The highest BCUT2D eigenvalue weighted by atomic mass is 32.2. The molecule has 0 bridgehead atoms. The Morgan fingerprint density at radius 2 is 1.96 bits per heavy atom. The van der Waals surface area contributed by atoms with Crippen LogP contribution in [0.1, 0.15) is 50.6 Å². The van der Waals surface area contributed by atoms with E-state index < -0.39 is 10.0 Å². The molecule has 6 nitrogen and oxygen atoms in total. The molecule has 2 aliphatic rings. The molecular formula is C16H25N3O3S. The molecule has 0 N–H and O–H groups in total. The molecule has 2 heterocycles. The van der Waals surface area contributed by atoms with E-state index in [4.69, 9.17) is 4.74 Å². The van der Waals surface area contributed by atoms with Crippen molar-refractivity contribution in [3.05, 3.63) is 18.1 Å². The van der Waals surface area contributed by atoms with Gasteiger partial charge in [-0.3, -0.25) is 0 Å². The summed E-state index contributed by atoms with van der Waals surface area (Å²) < 4.78 is 31.1. The van der Waals surface area contributed by atoms with E-state index in [0.717, 1.165) is 18.5 Å². The van der Waals surface area contributed by atoms with E-state index in [9.17, 15) is 8.42 Å². The van der Waals surface area contributed by atoms with Gasteiger partial charge in [-0.1, -0.05) is 6.42 Å². The molecule has 0 atom stereocenters. The van der Waals surface area contributed by atoms with Crippen molar-refractivity contribution in [1.29, 1.82) is 0 Å². The highest BCUT2D eigenvalue weighted by molar-refractivity contribution is 7.89. The molecule has 0 unspecified atom stereocenters. The van der Waals surface area contributed by atoms with Gasteiger partial charge >= 0.3 is 0 Å². The number of aromatic nitrogens is 2. The zero-order valence-electron chi connectivity index (χ0n) is 13.6. The third kappa shape index (κ3) is 4.01. The lowest BCUT2D eigenvalue weighted by molar-refractivity contribution is 0.180. The average Bonchev–Trinajstić information content (AvgIpc) is 2.52. The van der Waals surface area contributed by atoms with Crippen LogP contribution in [0.3, 0.4) is 0 Å². The fourth-order valence-electron chi connectivity index (χ4n) is 3.10. The van der Waals surface area contributed by atoms with Crippen LogP contribution in [0.4, 0.5) is 0 Å². The van der Waals surface area contributed by atoms with Gasteiger partial charge in [0.05, 0.1) is 18.1 Å². The maximum absolute atomic E-state index is 11.9. The molecule has 0 spiro atoms. The molecule has 0 amide bonds. The lowest BCUT2D eigenvalue weighted by Gasteiger charge is -2.30. The van der Waals surface area contributed by atoms with Gasteiger partial charge in [0.1, 0.15) is 6.33 Å². The number of ether oxygens (including phenoxy) is 1. The summed E-state index contributed by atoms with van der Waals surface area (Å²) in [6.45, 7) is 3.49. The van der Waals surface area contributed by atoms with Crippen LogP contribution < -0.4 is 4.74 Å². The van der Waals surface area contributed by atoms with Crippen LogP contribution in [-0.4, -0.2) is 48.1 Å². The number of hydrogen-bond acceptors (Lipinski definition) is 5. The fraction of sp³-hybridized carbons (Fsp3) is 0.750. The molecule has 3 rings (SSSR count). The van der Waals surface area contributed by atoms with Crippen LogP contribution in [0.5, 0.6) is 5.88 Å². The van der Waals surface area contributed by atoms with Crippen molar-refractivity contribution in [1.82, 2.24) is 14.3 Å². The maximum Gasteiger partial charge on any atom is 0.216 e. The molecule has 128 valence electrons. The second-order valence-corrected chi connectivity index (χ2v) is 8.72. The largest absolute Gasteiger partial charge is 0.477 e. The van der Waals surface area contributed by atoms with Crippen LogP contribution in [0, 0.1) is 5.92 Å². The molecule has 1 aliphatic carbocycles. The predicted octanol–water partition coefficient (Wildman–Crippen LogP) is 2.18. The Morgan fingerprint density at radius 1 is 1.22 bits per heavy atom. The summed E-state index contributed by atoms with van der Waals surface area (Å²) in [5.41, 5.74) is 1.09. The van der Waals surface area contributed by atoms with E-state index in [1.54, 1.807) is 17.6 Å². The SMILES string of the molecule is CCS(=O)(=O)N1CCC(COc2cc(C3CCC3)ncn2)CC1. The molecular weight excluding hydrogens is 314 g/mol. The number of hydrogen-bond donors (Lipinski definition) is 0. The monoisotopic (exact) mass is 339 g/mol. The zero-order valence-corrected chi connectivity index (χ0v) is 14.5. The first-order chi connectivity index (χ1) is 11.1. The highest BCUT2D eigenvalue weighted by Crippen LogP contribution is 2.35. The number of piperidine rings is 1. The van der Waals surface area contributed by atoms with Gasteiger partial charge in [-0.05, 0) is 38.5 Å². The van der Waals surface area contributed by atoms with Crippen molar-refractivity contribution in [3.63, 3.8) is 0 Å². The zero-order chi connectivity index (χ0) is 16.3. The summed E-state index contributed by atoms with van der Waals surface area (Å²) in [7, 11) is -3.05. The van der Waals surface area contributed by atoms with Crippen molar-refractivity contribution in [2.45, 2.75) is 44.9 Å². The molecule has 2 fully saturated rings. The van der Waals surface area contributed by atoms with Crippen LogP contribution in [0.2, 0.25) is 0 Å². The Kier molecular flexibility index (Phi) is 5.16. The van der Waals surface area contributed by atoms with E-state index in [0.29, 0.717) is 37.4 Å². The summed E-state index contributed by atoms with van der Waals surface area (Å²) in [6, 6.07) is 1.96. The molecule has 0 radical (unpaired) electrons.